The summed E-state index contributed by atoms with van der Waals surface area (Å²) in [4.78, 5) is 30.0. The van der Waals surface area contributed by atoms with Crippen molar-refractivity contribution < 1.29 is 4.79 Å². The lowest BCUT2D eigenvalue weighted by atomic mass is 9.88. The monoisotopic (exact) mass is 329 g/mol. The first kappa shape index (κ1) is 18.2. The molecule has 0 amide bonds. The van der Waals surface area contributed by atoms with Gasteiger partial charge in [0.1, 0.15) is 17.2 Å². The van der Waals surface area contributed by atoms with Gasteiger partial charge in [0.25, 0.3) is 5.56 Å². The van der Waals surface area contributed by atoms with Crippen molar-refractivity contribution >= 4 is 17.2 Å². The molecule has 0 aromatic carbocycles. The van der Waals surface area contributed by atoms with Crippen molar-refractivity contribution in [3.63, 3.8) is 0 Å². The van der Waals surface area contributed by atoms with Gasteiger partial charge in [0, 0.05) is 25.1 Å². The van der Waals surface area contributed by atoms with Gasteiger partial charge in [0.05, 0.1) is 5.56 Å². The van der Waals surface area contributed by atoms with Crippen molar-refractivity contribution in [3.05, 3.63) is 39.8 Å². The number of hydrogen-bond donors (Lipinski definition) is 1. The molecule has 0 radical (unpaired) electrons. The summed E-state index contributed by atoms with van der Waals surface area (Å²) in [5.74, 6) is 0.576. The number of nitrogens with one attached hydrogen (secondary N) is 1. The summed E-state index contributed by atoms with van der Waals surface area (Å²) < 4.78 is 1.53. The Bertz CT molecular complexity index is 814. The lowest BCUT2D eigenvalue weighted by Gasteiger charge is -2.18. The molecule has 0 atom stereocenters. The number of Topliss-reactive ketones (excluding diaryl/α,β-unsaturated/α-hetero) is 1. The molecule has 0 aliphatic heterocycles. The number of aromatic nitrogens is 2. The number of fused-ring (bicyclic) bond motifs is 1. The standard InChI is InChI=1S/C19H27N3O2/c1-12(2)20-16-15(10-14(23)11-19(4,5)6)18(24)22-9-7-8-13(3)17(22)21-16/h7-9,12,20H,10-11H2,1-6H3. The molecule has 0 unspecified atom stereocenters. The number of nitrogens with zero attached hydrogens (tertiary/aromatic N) is 2. The minimum absolute atomic E-state index is 0.0563. The smallest absolute Gasteiger partial charge is 0.263 e. The Hall–Kier alpha value is -2.17. The van der Waals surface area contributed by atoms with Gasteiger partial charge < -0.3 is 5.32 Å². The van der Waals surface area contributed by atoms with E-state index >= 15 is 0 Å². The number of carbonyl (C=O) groups excluding carboxylic acids is 1. The van der Waals surface area contributed by atoms with Gasteiger partial charge in [-0.1, -0.05) is 26.8 Å². The van der Waals surface area contributed by atoms with Crippen LogP contribution in [0.5, 0.6) is 0 Å². The molecule has 2 aromatic rings. The molecule has 0 aliphatic carbocycles. The first-order chi connectivity index (χ1) is 11.1. The van der Waals surface area contributed by atoms with Crippen LogP contribution >= 0.6 is 0 Å². The Morgan fingerprint density at radius 2 is 2.00 bits per heavy atom. The maximum Gasteiger partial charge on any atom is 0.263 e. The Kier molecular flexibility index (Phi) is 5.11. The van der Waals surface area contributed by atoms with Gasteiger partial charge in [0.15, 0.2) is 0 Å². The van der Waals surface area contributed by atoms with Gasteiger partial charge >= 0.3 is 0 Å². The number of hydrogen-bond acceptors (Lipinski definition) is 4. The first-order valence-electron chi connectivity index (χ1n) is 8.37. The van der Waals surface area contributed by atoms with Gasteiger partial charge in [-0.3, -0.25) is 14.0 Å². The van der Waals surface area contributed by atoms with Gasteiger partial charge in [-0.15, -0.1) is 0 Å². The van der Waals surface area contributed by atoms with Gasteiger partial charge in [-0.05, 0) is 37.8 Å². The zero-order chi connectivity index (χ0) is 18.1. The Balaban J connectivity index is 2.55. The van der Waals surface area contributed by atoms with E-state index in [2.05, 4.69) is 10.3 Å². The number of carbonyl (C=O) groups is 1. The second-order valence-electron chi connectivity index (χ2n) is 7.88. The summed E-state index contributed by atoms with van der Waals surface area (Å²) in [6, 6.07) is 3.87. The Morgan fingerprint density at radius 3 is 2.58 bits per heavy atom. The third-order valence-electron chi connectivity index (χ3n) is 3.67. The third kappa shape index (κ3) is 4.22. The molecule has 2 aromatic heterocycles. The highest BCUT2D eigenvalue weighted by Gasteiger charge is 2.21. The highest BCUT2D eigenvalue weighted by molar-refractivity contribution is 5.82. The van der Waals surface area contributed by atoms with E-state index in [-0.39, 0.29) is 29.2 Å². The maximum atomic E-state index is 12.9. The van der Waals surface area contributed by atoms with E-state index in [0.29, 0.717) is 23.4 Å². The minimum Gasteiger partial charge on any atom is -0.367 e. The van der Waals surface area contributed by atoms with E-state index in [9.17, 15) is 9.59 Å². The van der Waals surface area contributed by atoms with Crippen LogP contribution in [0.4, 0.5) is 5.82 Å². The molecule has 0 bridgehead atoms. The van der Waals surface area contributed by atoms with Gasteiger partial charge in [-0.25, -0.2) is 4.98 Å². The van der Waals surface area contributed by atoms with Crippen LogP contribution < -0.4 is 10.9 Å². The minimum atomic E-state index is -0.172. The quantitative estimate of drug-likeness (QED) is 0.913. The average molecular weight is 329 g/mol. The molecule has 5 nitrogen and oxygen atoms in total. The van der Waals surface area contributed by atoms with Crippen LogP contribution in [0.2, 0.25) is 0 Å². The zero-order valence-corrected chi connectivity index (χ0v) is 15.4. The number of pyridine rings is 1. The summed E-state index contributed by atoms with van der Waals surface area (Å²) in [6.07, 6.45) is 2.24. The fourth-order valence-corrected chi connectivity index (χ4v) is 2.74. The van der Waals surface area contributed by atoms with Crippen molar-refractivity contribution in [1.82, 2.24) is 9.38 Å². The molecule has 130 valence electrons. The molecule has 5 heteroatoms. The molecule has 24 heavy (non-hydrogen) atoms. The van der Waals surface area contributed by atoms with Gasteiger partial charge in [-0.2, -0.15) is 0 Å². The molecule has 0 aliphatic rings. The fourth-order valence-electron chi connectivity index (χ4n) is 2.74. The van der Waals surface area contributed by atoms with E-state index in [4.69, 9.17) is 0 Å². The highest BCUT2D eigenvalue weighted by atomic mass is 16.1. The molecule has 2 rings (SSSR count). The number of anilines is 1. The summed E-state index contributed by atoms with van der Waals surface area (Å²) in [7, 11) is 0. The molecule has 0 saturated heterocycles. The SMILES string of the molecule is Cc1cccn2c(=O)c(CC(=O)CC(C)(C)C)c(NC(C)C)nc12. The van der Waals surface area contributed by atoms with E-state index in [1.807, 2.05) is 53.7 Å². The van der Waals surface area contributed by atoms with Crippen LogP contribution in [-0.2, 0) is 11.2 Å². The van der Waals surface area contributed by atoms with Crippen LogP contribution in [-0.4, -0.2) is 21.2 Å². The summed E-state index contributed by atoms with van der Waals surface area (Å²) in [5, 5.41) is 3.23. The van der Waals surface area contributed by atoms with Crippen LogP contribution in [0.15, 0.2) is 23.1 Å². The Morgan fingerprint density at radius 1 is 1.33 bits per heavy atom. The molecule has 0 fully saturated rings. The molecule has 1 N–H and O–H groups in total. The van der Waals surface area contributed by atoms with Crippen molar-refractivity contribution in [3.8, 4) is 0 Å². The van der Waals surface area contributed by atoms with E-state index in [1.54, 1.807) is 6.20 Å². The topological polar surface area (TPSA) is 63.5 Å². The molecule has 0 spiro atoms. The fraction of sp³-hybridized carbons (Fsp3) is 0.526. The van der Waals surface area contributed by atoms with E-state index in [0.717, 1.165) is 5.56 Å². The predicted molar refractivity (Wildman–Crippen MR) is 97.7 cm³/mol. The summed E-state index contributed by atoms with van der Waals surface area (Å²) in [6.45, 7) is 12.0. The van der Waals surface area contributed by atoms with Crippen LogP contribution in [0.1, 0.15) is 52.2 Å². The molecular formula is C19H27N3O2. The van der Waals surface area contributed by atoms with E-state index in [1.165, 1.54) is 4.40 Å². The maximum absolute atomic E-state index is 12.9. The second-order valence-corrected chi connectivity index (χ2v) is 7.88. The van der Waals surface area contributed by atoms with Crippen molar-refractivity contribution in [2.45, 2.75) is 60.4 Å². The normalized spacial score (nSPS) is 12.0. The molecular weight excluding hydrogens is 302 g/mol. The first-order valence-corrected chi connectivity index (χ1v) is 8.37. The van der Waals surface area contributed by atoms with Gasteiger partial charge in [0.2, 0.25) is 0 Å². The van der Waals surface area contributed by atoms with Crippen molar-refractivity contribution in [1.29, 1.82) is 0 Å². The van der Waals surface area contributed by atoms with Crippen LogP contribution in [0.25, 0.3) is 5.65 Å². The van der Waals surface area contributed by atoms with Crippen molar-refractivity contribution in [2.24, 2.45) is 5.41 Å². The van der Waals surface area contributed by atoms with Crippen LogP contribution in [0.3, 0.4) is 0 Å². The number of ketones is 1. The average Bonchev–Trinajstić information content (AvgIpc) is 2.42. The largest absolute Gasteiger partial charge is 0.367 e. The summed E-state index contributed by atoms with van der Waals surface area (Å²) in [5.41, 5.74) is 1.72. The zero-order valence-electron chi connectivity index (χ0n) is 15.4. The lowest BCUT2D eigenvalue weighted by Crippen LogP contribution is -2.27. The van der Waals surface area contributed by atoms with Crippen LogP contribution in [0, 0.1) is 12.3 Å². The second kappa shape index (κ2) is 6.75. The van der Waals surface area contributed by atoms with E-state index < -0.39 is 0 Å². The Labute approximate surface area is 143 Å². The number of aryl methyl sites for hydroxylation is 1. The predicted octanol–water partition coefficient (Wildman–Crippen LogP) is 3.37. The lowest BCUT2D eigenvalue weighted by molar-refractivity contribution is -0.120. The third-order valence-corrected chi connectivity index (χ3v) is 3.67. The van der Waals surface area contributed by atoms with Crippen molar-refractivity contribution in [2.75, 3.05) is 5.32 Å². The summed E-state index contributed by atoms with van der Waals surface area (Å²) >= 11 is 0. The number of rotatable bonds is 5. The highest BCUT2D eigenvalue weighted by Crippen LogP contribution is 2.21. The molecule has 2 heterocycles. The molecule has 0 saturated carbocycles.